The van der Waals surface area contributed by atoms with E-state index in [1.807, 2.05) is 0 Å². The number of hydrogen-bond donors (Lipinski definition) is 1. The monoisotopic (exact) mass is 226 g/mol. The third-order valence-electron chi connectivity index (χ3n) is 3.36. The fourth-order valence-corrected chi connectivity index (χ4v) is 2.32. The van der Waals surface area contributed by atoms with Gasteiger partial charge in [0.1, 0.15) is 0 Å². The van der Waals surface area contributed by atoms with Gasteiger partial charge in [0.05, 0.1) is 5.60 Å². The first kappa shape index (κ1) is 11.5. The van der Waals surface area contributed by atoms with Gasteiger partial charge in [0.15, 0.2) is 11.6 Å². The molecule has 1 aliphatic rings. The normalized spacial score (nSPS) is 28.1. The Kier molecular flexibility index (Phi) is 2.98. The van der Waals surface area contributed by atoms with Crippen molar-refractivity contribution in [2.24, 2.45) is 5.92 Å². The summed E-state index contributed by atoms with van der Waals surface area (Å²) in [6.07, 6.45) is 2.89. The molecule has 0 aromatic heterocycles. The predicted molar refractivity (Wildman–Crippen MR) is 58.0 cm³/mol. The van der Waals surface area contributed by atoms with Gasteiger partial charge in [-0.3, -0.25) is 0 Å². The lowest BCUT2D eigenvalue weighted by molar-refractivity contribution is 0.128. The predicted octanol–water partition coefficient (Wildman–Crippen LogP) is 3.06. The second kappa shape index (κ2) is 4.13. The fourth-order valence-electron chi connectivity index (χ4n) is 2.32. The van der Waals surface area contributed by atoms with Crippen LogP contribution in [0.3, 0.4) is 0 Å². The molecule has 3 heteroatoms. The van der Waals surface area contributed by atoms with Crippen LogP contribution in [0.15, 0.2) is 18.2 Å². The van der Waals surface area contributed by atoms with Crippen LogP contribution in [0.2, 0.25) is 0 Å². The van der Waals surface area contributed by atoms with Gasteiger partial charge >= 0.3 is 0 Å². The van der Waals surface area contributed by atoms with E-state index < -0.39 is 17.2 Å². The second-order valence-corrected chi connectivity index (χ2v) is 4.68. The highest BCUT2D eigenvalue weighted by Crippen LogP contribution is 2.48. The molecule has 2 atom stereocenters. The molecule has 88 valence electrons. The van der Waals surface area contributed by atoms with Gasteiger partial charge in [-0.1, -0.05) is 25.5 Å². The lowest BCUT2D eigenvalue weighted by atomic mass is 10.0. The first-order valence-electron chi connectivity index (χ1n) is 5.72. The van der Waals surface area contributed by atoms with Crippen LogP contribution in [0.5, 0.6) is 0 Å². The Morgan fingerprint density at radius 2 is 2.19 bits per heavy atom. The van der Waals surface area contributed by atoms with Gasteiger partial charge in [0.2, 0.25) is 0 Å². The summed E-state index contributed by atoms with van der Waals surface area (Å²) in [5.41, 5.74) is -0.522. The molecule has 1 aromatic rings. The Balaban J connectivity index is 2.08. The van der Waals surface area contributed by atoms with Crippen LogP contribution < -0.4 is 0 Å². The average molecular weight is 226 g/mol. The molecule has 1 N–H and O–H groups in total. The summed E-state index contributed by atoms with van der Waals surface area (Å²) < 4.78 is 26.3. The molecular weight excluding hydrogens is 210 g/mol. The first-order chi connectivity index (χ1) is 7.57. The summed E-state index contributed by atoms with van der Waals surface area (Å²) in [4.78, 5) is 0. The number of rotatable bonds is 4. The molecule has 0 heterocycles. The van der Waals surface area contributed by atoms with Crippen LogP contribution in [0.4, 0.5) is 8.78 Å². The first-order valence-corrected chi connectivity index (χ1v) is 5.72. The molecular formula is C13H16F2O. The second-order valence-electron chi connectivity index (χ2n) is 4.68. The van der Waals surface area contributed by atoms with Crippen molar-refractivity contribution in [2.45, 2.75) is 38.2 Å². The van der Waals surface area contributed by atoms with E-state index in [0.717, 1.165) is 18.9 Å². The van der Waals surface area contributed by atoms with Gasteiger partial charge in [-0.05, 0) is 30.4 Å². The molecule has 0 aliphatic heterocycles. The molecule has 1 saturated carbocycles. The number of benzene rings is 1. The van der Waals surface area contributed by atoms with Gasteiger partial charge < -0.3 is 5.11 Å². The third kappa shape index (κ3) is 2.09. The SMILES string of the molecule is CCCC1CC1(O)Cc1cccc(F)c1F. The maximum atomic E-state index is 13.4. The average Bonchev–Trinajstić information content (AvgIpc) is 2.85. The van der Waals surface area contributed by atoms with Crippen LogP contribution >= 0.6 is 0 Å². The topological polar surface area (TPSA) is 20.2 Å². The van der Waals surface area contributed by atoms with E-state index in [2.05, 4.69) is 6.92 Å². The van der Waals surface area contributed by atoms with Crippen molar-refractivity contribution in [3.8, 4) is 0 Å². The molecule has 0 amide bonds. The van der Waals surface area contributed by atoms with Crippen molar-refractivity contribution < 1.29 is 13.9 Å². The Morgan fingerprint density at radius 3 is 2.88 bits per heavy atom. The Bertz CT molecular complexity index is 392. The van der Waals surface area contributed by atoms with Gasteiger partial charge in [-0.15, -0.1) is 0 Å². The summed E-state index contributed by atoms with van der Waals surface area (Å²) in [6.45, 7) is 2.06. The minimum atomic E-state index is -0.839. The zero-order valence-corrected chi connectivity index (χ0v) is 9.34. The molecule has 1 aliphatic carbocycles. The van der Waals surface area contributed by atoms with Crippen LogP contribution in [-0.2, 0) is 6.42 Å². The van der Waals surface area contributed by atoms with Crippen molar-refractivity contribution in [3.05, 3.63) is 35.4 Å². The highest BCUT2D eigenvalue weighted by atomic mass is 19.2. The minimum absolute atomic E-state index is 0.223. The molecule has 2 unspecified atom stereocenters. The summed E-state index contributed by atoms with van der Waals surface area (Å²) in [6, 6.07) is 4.12. The quantitative estimate of drug-likeness (QED) is 0.836. The van der Waals surface area contributed by atoms with Gasteiger partial charge in [-0.25, -0.2) is 8.78 Å². The molecule has 1 aromatic carbocycles. The van der Waals surface area contributed by atoms with Crippen LogP contribution in [0.1, 0.15) is 31.7 Å². The van der Waals surface area contributed by atoms with Crippen molar-refractivity contribution in [2.75, 3.05) is 0 Å². The summed E-state index contributed by atoms with van der Waals surface area (Å²) in [5.74, 6) is -1.41. The summed E-state index contributed by atoms with van der Waals surface area (Å²) >= 11 is 0. The van der Waals surface area contributed by atoms with E-state index in [0.29, 0.717) is 6.42 Å². The van der Waals surface area contributed by atoms with E-state index in [-0.39, 0.29) is 17.9 Å². The van der Waals surface area contributed by atoms with Crippen LogP contribution in [0, 0.1) is 17.6 Å². The zero-order valence-electron chi connectivity index (χ0n) is 9.34. The number of hydrogen-bond acceptors (Lipinski definition) is 1. The van der Waals surface area contributed by atoms with Crippen molar-refractivity contribution in [1.29, 1.82) is 0 Å². The van der Waals surface area contributed by atoms with Crippen molar-refractivity contribution >= 4 is 0 Å². The lowest BCUT2D eigenvalue weighted by Crippen LogP contribution is -2.16. The van der Waals surface area contributed by atoms with E-state index >= 15 is 0 Å². The smallest absolute Gasteiger partial charge is 0.162 e. The number of halogens is 2. The zero-order chi connectivity index (χ0) is 11.8. The van der Waals surface area contributed by atoms with E-state index in [1.54, 1.807) is 0 Å². The molecule has 1 fully saturated rings. The summed E-state index contributed by atoms with van der Waals surface area (Å²) in [5, 5.41) is 10.1. The Labute approximate surface area is 94.1 Å². The molecule has 0 spiro atoms. The van der Waals surface area contributed by atoms with E-state index in [4.69, 9.17) is 0 Å². The van der Waals surface area contributed by atoms with Gasteiger partial charge in [-0.2, -0.15) is 0 Å². The highest BCUT2D eigenvalue weighted by Gasteiger charge is 2.51. The van der Waals surface area contributed by atoms with Gasteiger partial charge in [0, 0.05) is 6.42 Å². The standard InChI is InChI=1S/C13H16F2O/c1-2-4-10-8-13(10,16)7-9-5-3-6-11(14)12(9)15/h3,5-6,10,16H,2,4,7-8H2,1H3. The molecule has 0 radical (unpaired) electrons. The van der Waals surface area contributed by atoms with E-state index in [1.165, 1.54) is 12.1 Å². The molecule has 0 bridgehead atoms. The molecule has 0 saturated heterocycles. The van der Waals surface area contributed by atoms with Crippen molar-refractivity contribution in [1.82, 2.24) is 0 Å². The van der Waals surface area contributed by atoms with Crippen LogP contribution in [0.25, 0.3) is 0 Å². The number of aliphatic hydroxyl groups is 1. The highest BCUT2D eigenvalue weighted by molar-refractivity contribution is 5.23. The van der Waals surface area contributed by atoms with Gasteiger partial charge in [0.25, 0.3) is 0 Å². The van der Waals surface area contributed by atoms with Crippen molar-refractivity contribution in [3.63, 3.8) is 0 Å². The Hall–Kier alpha value is -0.960. The minimum Gasteiger partial charge on any atom is -0.389 e. The molecule has 16 heavy (non-hydrogen) atoms. The lowest BCUT2D eigenvalue weighted by Gasteiger charge is -2.11. The van der Waals surface area contributed by atoms with E-state index in [9.17, 15) is 13.9 Å². The molecule has 1 nitrogen and oxygen atoms in total. The maximum Gasteiger partial charge on any atom is 0.162 e. The maximum absolute atomic E-state index is 13.4. The molecule has 2 rings (SSSR count). The fraction of sp³-hybridized carbons (Fsp3) is 0.538. The Morgan fingerprint density at radius 1 is 1.44 bits per heavy atom. The summed E-state index contributed by atoms with van der Waals surface area (Å²) in [7, 11) is 0. The third-order valence-corrected chi connectivity index (χ3v) is 3.36. The van der Waals surface area contributed by atoms with Crippen LogP contribution in [-0.4, -0.2) is 10.7 Å². The largest absolute Gasteiger partial charge is 0.389 e.